The van der Waals surface area contributed by atoms with Gasteiger partial charge in [0.05, 0.1) is 13.2 Å². The van der Waals surface area contributed by atoms with Crippen molar-refractivity contribution in [2.45, 2.75) is 30.9 Å². The maximum atomic E-state index is 13.7. The van der Waals surface area contributed by atoms with Gasteiger partial charge in [0, 0.05) is 43.5 Å². The number of carbonyl (C=O) groups is 1. The van der Waals surface area contributed by atoms with Crippen LogP contribution in [0.15, 0.2) is 65.8 Å². The number of pyridine rings is 1. The molecule has 0 saturated heterocycles. The fourth-order valence-electron chi connectivity index (χ4n) is 4.77. The minimum atomic E-state index is -3.97. The van der Waals surface area contributed by atoms with E-state index in [-0.39, 0.29) is 49.0 Å². The minimum Gasteiger partial charge on any atom is -0.487 e. The van der Waals surface area contributed by atoms with Crippen molar-refractivity contribution >= 4 is 15.9 Å². The molecule has 0 spiro atoms. The normalized spacial score (nSPS) is 20.7. The van der Waals surface area contributed by atoms with Crippen LogP contribution in [0.1, 0.15) is 24.2 Å². The third kappa shape index (κ3) is 5.29. The summed E-state index contributed by atoms with van der Waals surface area (Å²) in [4.78, 5) is 18.9. The minimum absolute atomic E-state index is 0.0160. The number of sulfonamides is 1. The van der Waals surface area contributed by atoms with Gasteiger partial charge >= 0.3 is 0 Å². The first-order valence-corrected chi connectivity index (χ1v) is 14.1. The number of ether oxygens (including phenoxy) is 3. The number of hydrogen-bond donors (Lipinski definition) is 1. The van der Waals surface area contributed by atoms with E-state index in [0.29, 0.717) is 17.1 Å². The number of aliphatic hydroxyl groups is 1. The summed E-state index contributed by atoms with van der Waals surface area (Å²) in [5, 5.41) is 9.87. The van der Waals surface area contributed by atoms with E-state index >= 15 is 0 Å². The molecule has 2 aliphatic rings. The largest absolute Gasteiger partial charge is 0.487 e. The number of aliphatic hydroxyl groups excluding tert-OH is 1. The van der Waals surface area contributed by atoms with E-state index in [1.54, 1.807) is 61.6 Å². The van der Waals surface area contributed by atoms with E-state index in [0.717, 1.165) is 11.1 Å². The van der Waals surface area contributed by atoms with Crippen LogP contribution in [-0.2, 0) is 10.0 Å². The highest BCUT2D eigenvalue weighted by atomic mass is 32.2. The maximum absolute atomic E-state index is 13.7. The van der Waals surface area contributed by atoms with Gasteiger partial charge in [-0.1, -0.05) is 13.0 Å². The molecule has 0 unspecified atom stereocenters. The lowest BCUT2D eigenvalue weighted by Crippen LogP contribution is -2.50. The molecule has 0 radical (unpaired) electrons. The fourth-order valence-corrected chi connectivity index (χ4v) is 6.60. The van der Waals surface area contributed by atoms with Gasteiger partial charge in [0.15, 0.2) is 11.5 Å². The zero-order chi connectivity index (χ0) is 27.7. The Balaban J connectivity index is 1.49. The standard InChI is InChI=1S/C28H31N3O7S/c1-18-14-31(19(2)16-32)39(34,35)27-7-5-21(20-8-10-29-11-9-20)12-25(27)38-26(18)15-30(3)28(33)22-4-6-23-24(13-22)37-17-36-23/h4-13,18-19,26,32H,14-17H2,1-3H3/t18-,19-,26+/m0/s1. The van der Waals surface area contributed by atoms with Gasteiger partial charge in [-0.3, -0.25) is 9.78 Å². The van der Waals surface area contributed by atoms with Gasteiger partial charge in [-0.15, -0.1) is 0 Å². The molecule has 10 nitrogen and oxygen atoms in total. The average Bonchev–Trinajstić information content (AvgIpc) is 3.42. The molecule has 206 valence electrons. The number of likely N-dealkylation sites (N-methyl/N-ethyl adjacent to an activating group) is 1. The molecule has 3 atom stereocenters. The van der Waals surface area contributed by atoms with Crippen molar-refractivity contribution in [1.82, 2.24) is 14.2 Å². The number of hydrogen-bond acceptors (Lipinski definition) is 8. The summed E-state index contributed by atoms with van der Waals surface area (Å²) in [6, 6.07) is 13.0. The quantitative estimate of drug-likeness (QED) is 0.495. The van der Waals surface area contributed by atoms with Crippen molar-refractivity contribution in [3.63, 3.8) is 0 Å². The number of amides is 1. The number of benzene rings is 2. The topological polar surface area (TPSA) is 118 Å². The molecule has 1 aromatic heterocycles. The summed E-state index contributed by atoms with van der Waals surface area (Å²) in [5.41, 5.74) is 2.07. The molecule has 1 N–H and O–H groups in total. The fraction of sp³-hybridized carbons (Fsp3) is 0.357. The second kappa shape index (κ2) is 10.8. The number of nitrogens with zero attached hydrogens (tertiary/aromatic N) is 3. The zero-order valence-electron chi connectivity index (χ0n) is 22.0. The molecular weight excluding hydrogens is 522 g/mol. The second-order valence-electron chi connectivity index (χ2n) is 9.89. The number of aromatic nitrogens is 1. The van der Waals surface area contributed by atoms with Crippen LogP contribution >= 0.6 is 0 Å². The molecule has 3 heterocycles. The Morgan fingerprint density at radius 1 is 1.08 bits per heavy atom. The van der Waals surface area contributed by atoms with E-state index < -0.39 is 22.2 Å². The number of carbonyl (C=O) groups excluding carboxylic acids is 1. The first kappa shape index (κ1) is 26.9. The number of rotatable bonds is 6. The van der Waals surface area contributed by atoms with Gasteiger partial charge in [0.1, 0.15) is 16.7 Å². The van der Waals surface area contributed by atoms with Gasteiger partial charge in [-0.25, -0.2) is 8.42 Å². The van der Waals surface area contributed by atoms with Crippen LogP contribution < -0.4 is 14.2 Å². The van der Waals surface area contributed by atoms with Crippen molar-refractivity contribution in [3.8, 4) is 28.4 Å². The molecule has 39 heavy (non-hydrogen) atoms. The lowest BCUT2D eigenvalue weighted by Gasteiger charge is -2.37. The molecule has 0 aliphatic carbocycles. The van der Waals surface area contributed by atoms with Crippen molar-refractivity contribution in [1.29, 1.82) is 0 Å². The Morgan fingerprint density at radius 3 is 2.56 bits per heavy atom. The zero-order valence-corrected chi connectivity index (χ0v) is 22.8. The van der Waals surface area contributed by atoms with Gasteiger partial charge in [-0.05, 0) is 60.5 Å². The second-order valence-corrected chi connectivity index (χ2v) is 11.8. The van der Waals surface area contributed by atoms with Crippen LogP contribution in [0.2, 0.25) is 0 Å². The lowest BCUT2D eigenvalue weighted by atomic mass is 10.0. The smallest absolute Gasteiger partial charge is 0.253 e. The molecule has 0 saturated carbocycles. The Kier molecular flexibility index (Phi) is 7.48. The van der Waals surface area contributed by atoms with Crippen LogP contribution in [0.3, 0.4) is 0 Å². The van der Waals surface area contributed by atoms with Crippen molar-refractivity contribution in [2.24, 2.45) is 5.92 Å². The predicted octanol–water partition coefficient (Wildman–Crippen LogP) is 3.02. The Bertz CT molecular complexity index is 1470. The van der Waals surface area contributed by atoms with Crippen LogP contribution in [0, 0.1) is 5.92 Å². The van der Waals surface area contributed by atoms with Crippen LogP contribution in [0.25, 0.3) is 11.1 Å². The van der Waals surface area contributed by atoms with Crippen LogP contribution in [-0.4, -0.2) is 79.3 Å². The van der Waals surface area contributed by atoms with Gasteiger partial charge < -0.3 is 24.2 Å². The summed E-state index contributed by atoms with van der Waals surface area (Å²) < 4.78 is 45.9. The van der Waals surface area contributed by atoms with Crippen LogP contribution in [0.4, 0.5) is 0 Å². The average molecular weight is 554 g/mol. The molecule has 2 aromatic carbocycles. The number of fused-ring (bicyclic) bond motifs is 2. The monoisotopic (exact) mass is 553 g/mol. The summed E-state index contributed by atoms with van der Waals surface area (Å²) in [5.74, 6) is 0.761. The van der Waals surface area contributed by atoms with Crippen LogP contribution in [0.5, 0.6) is 17.2 Å². The molecule has 5 rings (SSSR count). The molecule has 0 fully saturated rings. The highest BCUT2D eigenvalue weighted by Crippen LogP contribution is 2.37. The SMILES string of the molecule is C[C@H]1CN([C@@H](C)CO)S(=O)(=O)c2ccc(-c3ccncc3)cc2O[C@@H]1CN(C)C(=O)c1ccc2c(c1)OCO2. The maximum Gasteiger partial charge on any atom is 0.253 e. The van der Waals surface area contributed by atoms with Crippen molar-refractivity contribution < 1.29 is 32.5 Å². The van der Waals surface area contributed by atoms with E-state index in [4.69, 9.17) is 14.2 Å². The van der Waals surface area contributed by atoms with E-state index in [1.807, 2.05) is 19.1 Å². The molecule has 3 aromatic rings. The van der Waals surface area contributed by atoms with Crippen molar-refractivity contribution in [3.05, 3.63) is 66.5 Å². The Morgan fingerprint density at radius 2 is 1.82 bits per heavy atom. The predicted molar refractivity (Wildman–Crippen MR) is 143 cm³/mol. The van der Waals surface area contributed by atoms with E-state index in [9.17, 15) is 18.3 Å². The first-order chi connectivity index (χ1) is 18.7. The molecule has 0 bridgehead atoms. The summed E-state index contributed by atoms with van der Waals surface area (Å²) in [7, 11) is -2.29. The van der Waals surface area contributed by atoms with Gasteiger partial charge in [0.25, 0.3) is 5.91 Å². The van der Waals surface area contributed by atoms with Crippen molar-refractivity contribution in [2.75, 3.05) is 33.5 Å². The van der Waals surface area contributed by atoms with Gasteiger partial charge in [0.2, 0.25) is 16.8 Å². The van der Waals surface area contributed by atoms with Gasteiger partial charge in [-0.2, -0.15) is 4.31 Å². The summed E-state index contributed by atoms with van der Waals surface area (Å²) in [6.07, 6.45) is 2.79. The Hall–Kier alpha value is -3.67. The molecular formula is C28H31N3O7S. The molecule has 1 amide bonds. The van der Waals surface area contributed by atoms with E-state index in [1.165, 1.54) is 10.4 Å². The molecule has 2 aliphatic heterocycles. The first-order valence-electron chi connectivity index (χ1n) is 12.7. The highest BCUT2D eigenvalue weighted by Gasteiger charge is 2.38. The lowest BCUT2D eigenvalue weighted by molar-refractivity contribution is 0.0563. The third-order valence-electron chi connectivity index (χ3n) is 7.10. The highest BCUT2D eigenvalue weighted by molar-refractivity contribution is 7.89. The Labute approximate surface area is 227 Å². The van der Waals surface area contributed by atoms with E-state index in [2.05, 4.69) is 4.98 Å². The third-order valence-corrected chi connectivity index (χ3v) is 9.12. The summed E-state index contributed by atoms with van der Waals surface area (Å²) in [6.45, 7) is 3.66. The molecule has 11 heteroatoms. The summed E-state index contributed by atoms with van der Waals surface area (Å²) >= 11 is 0.